The summed E-state index contributed by atoms with van der Waals surface area (Å²) in [7, 11) is 0. The van der Waals surface area contributed by atoms with Gasteiger partial charge in [0.2, 0.25) is 5.95 Å². The largest absolute Gasteiger partial charge is 0.309 e. The van der Waals surface area contributed by atoms with E-state index in [0.29, 0.717) is 17.6 Å². The summed E-state index contributed by atoms with van der Waals surface area (Å²) in [6.45, 7) is 0. The Labute approximate surface area is 870 Å². The highest BCUT2D eigenvalue weighted by Gasteiger charge is 2.30. The van der Waals surface area contributed by atoms with Crippen molar-refractivity contribution in [2.24, 2.45) is 0 Å². The number of thiophene rings is 3. The van der Waals surface area contributed by atoms with E-state index < -0.39 is 0 Å². The Kier molecular flexibility index (Phi) is 19.5. The molecular weight excluding hydrogens is 1880 g/mol. The summed E-state index contributed by atoms with van der Waals surface area (Å²) in [5.41, 5.74) is 19.8. The van der Waals surface area contributed by atoms with Crippen LogP contribution in [0.5, 0.6) is 0 Å². The van der Waals surface area contributed by atoms with Crippen molar-refractivity contribution in [1.82, 2.24) is 43.6 Å². The minimum Gasteiger partial charge on any atom is -0.309 e. The van der Waals surface area contributed by atoms with Crippen LogP contribution in [0, 0.1) is 0 Å². The number of rotatable bonds is 9. The standard InChI is InChI=1S/C56H33N3S.C42H25N3S.C40H23N3S/c1-3-20-38-34(14-1)16-12-26-40(38)47-33-48(41-27-13-17-35-15-2-4-21-39(35)41)58-56(57-47)36-18-11-19-37(32-36)59-49-28-9-7-24-44(49)53-43-23-6-5-22-42(43)52-46(55(53)59)30-31-51-54(52)45-25-8-10-29-50(45)60-51;1-3-13-26(14-4-1)40-34(25-43-42(44-40)27-15-5-2-6-16-27)45-33-21-11-9-19-30(33)38-29-18-8-7-17-28(29)37-32(41(38)45)23-24-36-39(37)31-20-10-12-22-35(31)46-36;1-2-12-24(13-3-1)38-27-16-6-9-19-31(27)41-40(42-38)43-32-20-10-7-17-28(32)36-26-15-5-4-14-25(26)35-30(39(36)43)22-23-34-37(35)29-18-8-11-21-33(29)44-34/h1-33H;1-25H;1-23H. The number of hydrogen-bond acceptors (Lipinski definition) is 9. The van der Waals surface area contributed by atoms with Crippen molar-refractivity contribution < 1.29 is 0 Å². The van der Waals surface area contributed by atoms with Crippen LogP contribution in [0.4, 0.5) is 0 Å². The number of fused-ring (bicyclic) bond motifs is 39. The molecule has 0 saturated heterocycles. The lowest BCUT2D eigenvalue weighted by Crippen LogP contribution is -2.03. The lowest BCUT2D eigenvalue weighted by molar-refractivity contribution is 1.02. The van der Waals surface area contributed by atoms with Gasteiger partial charge in [0.25, 0.3) is 0 Å². The van der Waals surface area contributed by atoms with Gasteiger partial charge < -0.3 is 9.13 Å². The van der Waals surface area contributed by atoms with E-state index in [1.807, 2.05) is 64.5 Å². The molecule has 9 aromatic heterocycles. The first kappa shape index (κ1) is 85.3. The van der Waals surface area contributed by atoms with Gasteiger partial charge in [0.15, 0.2) is 11.6 Å². The molecule has 0 aliphatic heterocycles. The molecule has 0 saturated carbocycles. The van der Waals surface area contributed by atoms with Crippen LogP contribution in [-0.4, -0.2) is 43.6 Å². The zero-order valence-corrected chi connectivity index (χ0v) is 83.0. The normalized spacial score (nSPS) is 12.0. The number of para-hydroxylation sites is 4. The summed E-state index contributed by atoms with van der Waals surface area (Å²) in [6, 6.07) is 174. The molecule has 33 aromatic rings. The molecule has 0 atom stereocenters. The fourth-order valence-corrected chi connectivity index (χ4v) is 27.6. The average Bonchev–Trinajstić information content (AvgIpc) is 1.55. The maximum Gasteiger partial charge on any atom is 0.235 e. The van der Waals surface area contributed by atoms with Crippen molar-refractivity contribution in [2.75, 3.05) is 0 Å². The van der Waals surface area contributed by atoms with E-state index in [0.717, 1.165) is 95.0 Å². The number of hydrogen-bond donors (Lipinski definition) is 0. The Morgan fingerprint density at radius 1 is 0.187 bits per heavy atom. The highest BCUT2D eigenvalue weighted by Crippen LogP contribution is 2.54. The first-order valence-corrected chi connectivity index (χ1v) is 53.2. The number of benzene rings is 24. The number of aromatic nitrogens is 9. The maximum atomic E-state index is 5.41. The third kappa shape index (κ3) is 13.3. The summed E-state index contributed by atoms with van der Waals surface area (Å²) < 4.78 is 15.0. The van der Waals surface area contributed by atoms with Gasteiger partial charge in [-0.1, -0.05) is 406 Å². The molecule has 24 aromatic carbocycles. The topological polar surface area (TPSA) is 92.1 Å². The zero-order chi connectivity index (χ0) is 98.3. The molecular formula is C138H81N9S3. The Bertz CT molecular complexity index is 11400. The third-order valence-electron chi connectivity index (χ3n) is 30.6. The molecule has 0 radical (unpaired) electrons. The first-order chi connectivity index (χ1) is 74.5. The van der Waals surface area contributed by atoms with E-state index in [-0.39, 0.29) is 0 Å². The van der Waals surface area contributed by atoms with Crippen LogP contribution in [0.25, 0.3) is 308 Å². The van der Waals surface area contributed by atoms with Crippen LogP contribution in [0.2, 0.25) is 0 Å². The van der Waals surface area contributed by atoms with E-state index in [4.69, 9.17) is 29.9 Å². The smallest absolute Gasteiger partial charge is 0.235 e. The van der Waals surface area contributed by atoms with Crippen molar-refractivity contribution >= 4 is 257 Å². The van der Waals surface area contributed by atoms with Gasteiger partial charge in [0.1, 0.15) is 0 Å². The summed E-state index contributed by atoms with van der Waals surface area (Å²) in [5.74, 6) is 2.08. The molecule has 0 spiro atoms. The summed E-state index contributed by atoms with van der Waals surface area (Å²) in [6.07, 6.45) is 2.02. The maximum absolute atomic E-state index is 5.41. The molecule has 9 nitrogen and oxygen atoms in total. The van der Waals surface area contributed by atoms with E-state index >= 15 is 0 Å². The minimum atomic E-state index is 0.681. The van der Waals surface area contributed by atoms with Crippen molar-refractivity contribution in [1.29, 1.82) is 0 Å². The van der Waals surface area contributed by atoms with Crippen molar-refractivity contribution in [3.63, 3.8) is 0 Å². The summed E-state index contributed by atoms with van der Waals surface area (Å²) in [5, 5.41) is 36.2. The van der Waals surface area contributed by atoms with E-state index in [2.05, 4.69) is 475 Å². The van der Waals surface area contributed by atoms with E-state index in [1.165, 1.54) is 196 Å². The molecule has 696 valence electrons. The molecule has 0 aliphatic rings. The van der Waals surface area contributed by atoms with Gasteiger partial charge in [-0.15, -0.1) is 34.0 Å². The molecule has 0 amide bonds. The second-order valence-corrected chi connectivity index (χ2v) is 42.0. The average molecular weight is 1960 g/mol. The quantitative estimate of drug-likeness (QED) is 0.134. The van der Waals surface area contributed by atoms with Crippen molar-refractivity contribution in [3.8, 4) is 85.1 Å². The van der Waals surface area contributed by atoms with Gasteiger partial charge in [-0.2, -0.15) is 0 Å². The van der Waals surface area contributed by atoms with Crippen LogP contribution < -0.4 is 0 Å². The second-order valence-electron chi connectivity index (χ2n) is 38.7. The molecule has 0 fully saturated rings. The van der Waals surface area contributed by atoms with E-state index in [1.54, 1.807) is 0 Å². The monoisotopic (exact) mass is 1960 g/mol. The van der Waals surface area contributed by atoms with Crippen LogP contribution in [0.15, 0.2) is 492 Å². The van der Waals surface area contributed by atoms with Crippen molar-refractivity contribution in [2.45, 2.75) is 0 Å². The fourth-order valence-electron chi connectivity index (χ4n) is 24.3. The molecule has 0 N–H and O–H groups in total. The lowest BCUT2D eigenvalue weighted by atomic mass is 9.94. The highest BCUT2D eigenvalue weighted by atomic mass is 32.1. The molecule has 0 bridgehead atoms. The predicted octanol–water partition coefficient (Wildman–Crippen LogP) is 38.2. The third-order valence-corrected chi connectivity index (χ3v) is 34.0. The molecule has 12 heteroatoms. The summed E-state index contributed by atoms with van der Waals surface area (Å²) >= 11 is 5.61. The first-order valence-electron chi connectivity index (χ1n) is 50.8. The Morgan fingerprint density at radius 2 is 0.533 bits per heavy atom. The Balaban J connectivity index is 0.000000103. The van der Waals surface area contributed by atoms with Crippen LogP contribution >= 0.6 is 34.0 Å². The van der Waals surface area contributed by atoms with Gasteiger partial charge >= 0.3 is 0 Å². The van der Waals surface area contributed by atoms with Crippen LogP contribution in [0.3, 0.4) is 0 Å². The molecule has 33 rings (SSSR count). The SMILES string of the molecule is c1cc(-c2nc(-c3cccc4ccccc34)cc(-c3cccc4ccccc34)n2)cc(-n2c3ccccc3c3c4ccccc4c4c(ccc5sc6ccccc6c54)c32)c1.c1ccc(-c2nc(-n3c4ccccc4c4c5ccccc5c5c(ccc6sc7ccccc7c65)c43)nc3ccccc23)cc1.c1ccc(-c2ncc(-n3c4ccccc4c4c5ccccc5c5c(ccc6sc7ccccc7c65)c43)c(-c3ccccc3)n2)cc1. The van der Waals surface area contributed by atoms with Gasteiger partial charge in [0, 0.05) is 170 Å². The van der Waals surface area contributed by atoms with Gasteiger partial charge in [-0.05, 0) is 133 Å². The molecule has 9 heterocycles. The molecule has 0 unspecified atom stereocenters. The van der Waals surface area contributed by atoms with Gasteiger partial charge in [-0.3, -0.25) is 4.57 Å². The molecule has 0 aliphatic carbocycles. The van der Waals surface area contributed by atoms with E-state index in [9.17, 15) is 0 Å². The molecule has 150 heavy (non-hydrogen) atoms. The summed E-state index contributed by atoms with van der Waals surface area (Å²) in [4.78, 5) is 31.7. The van der Waals surface area contributed by atoms with Crippen molar-refractivity contribution in [3.05, 3.63) is 492 Å². The lowest BCUT2D eigenvalue weighted by Gasteiger charge is -2.16. The van der Waals surface area contributed by atoms with Crippen LogP contribution in [-0.2, 0) is 0 Å². The Morgan fingerprint density at radius 3 is 1.01 bits per heavy atom. The van der Waals surface area contributed by atoms with Gasteiger partial charge in [-0.25, -0.2) is 29.9 Å². The zero-order valence-electron chi connectivity index (χ0n) is 80.5. The minimum absolute atomic E-state index is 0.681. The predicted molar refractivity (Wildman–Crippen MR) is 638 cm³/mol. The second kappa shape index (κ2) is 34.3. The van der Waals surface area contributed by atoms with Gasteiger partial charge in [0.05, 0.1) is 73.3 Å². The fraction of sp³-hybridized carbons (Fsp3) is 0. The highest BCUT2D eigenvalue weighted by molar-refractivity contribution is 7.27. The Hall–Kier alpha value is -19.1. The number of nitrogens with zero attached hydrogens (tertiary/aromatic N) is 9. The van der Waals surface area contributed by atoms with Crippen LogP contribution in [0.1, 0.15) is 0 Å².